The van der Waals surface area contributed by atoms with Crippen LogP contribution in [0.25, 0.3) is 39.5 Å². The summed E-state index contributed by atoms with van der Waals surface area (Å²) in [6.45, 7) is 4.56. The van der Waals surface area contributed by atoms with Gasteiger partial charge in [0.25, 0.3) is 0 Å². The van der Waals surface area contributed by atoms with Crippen LogP contribution in [0.15, 0.2) is 146 Å². The van der Waals surface area contributed by atoms with E-state index in [-0.39, 0.29) is 5.41 Å². The van der Waals surface area contributed by atoms with Crippen molar-refractivity contribution in [3.8, 4) is 39.1 Å². The lowest BCUT2D eigenvalue weighted by atomic mass is 9.69. The Morgan fingerprint density at radius 3 is 2.00 bits per heavy atom. The highest BCUT2D eigenvalue weighted by Crippen LogP contribution is 2.56. The van der Waals surface area contributed by atoms with Crippen molar-refractivity contribution >= 4 is 17.5 Å². The van der Waals surface area contributed by atoms with E-state index >= 15 is 0 Å². The van der Waals surface area contributed by atoms with E-state index in [2.05, 4.69) is 104 Å². The maximum absolute atomic E-state index is 6.42. The van der Waals surface area contributed by atoms with Crippen molar-refractivity contribution in [2.24, 2.45) is 0 Å². The topological polar surface area (TPSA) is 61.3 Å². The van der Waals surface area contributed by atoms with Crippen LogP contribution in [0, 0.1) is 0 Å². The Labute approximate surface area is 284 Å². The van der Waals surface area contributed by atoms with Gasteiger partial charge in [-0.3, -0.25) is 0 Å². The lowest BCUT2D eigenvalue weighted by Gasteiger charge is -2.33. The van der Waals surface area contributed by atoms with Crippen LogP contribution in [0.5, 0.6) is 5.75 Å². The minimum absolute atomic E-state index is 0.256. The summed E-state index contributed by atoms with van der Waals surface area (Å²) >= 11 is 0. The van der Waals surface area contributed by atoms with Gasteiger partial charge in [-0.1, -0.05) is 129 Å². The summed E-state index contributed by atoms with van der Waals surface area (Å²) in [5.41, 5.74) is 26.1. The molecule has 0 aliphatic heterocycles. The molecule has 1 aliphatic rings. The molecular formula is C45H42N2O. The lowest BCUT2D eigenvalue weighted by molar-refractivity contribution is 0.303. The Bertz CT molecular complexity index is 2030. The summed E-state index contributed by atoms with van der Waals surface area (Å²) < 4.78 is 6.03. The third-order valence-corrected chi connectivity index (χ3v) is 9.83. The summed E-state index contributed by atoms with van der Waals surface area (Å²) in [6.07, 6.45) is 7.28. The monoisotopic (exact) mass is 626 g/mol. The number of hydrogen-bond acceptors (Lipinski definition) is 3. The minimum atomic E-state index is -0.256. The van der Waals surface area contributed by atoms with Gasteiger partial charge in [0.2, 0.25) is 0 Å². The molecule has 4 N–H and O–H groups in total. The predicted molar refractivity (Wildman–Crippen MR) is 203 cm³/mol. The molecule has 0 spiro atoms. The SMILES string of the molecule is C=Cc1ccc(OCCCCCCC2(c3ccccc3)c3ccccc3-c3ccc(-c4cc(N)ccc4-c4ccc(N)cc4)cc32)cc1. The van der Waals surface area contributed by atoms with Crippen molar-refractivity contribution in [1.29, 1.82) is 0 Å². The van der Waals surface area contributed by atoms with Crippen LogP contribution in [-0.4, -0.2) is 6.61 Å². The van der Waals surface area contributed by atoms with Crippen LogP contribution in [0.3, 0.4) is 0 Å². The fourth-order valence-corrected chi connectivity index (χ4v) is 7.43. The zero-order chi connectivity index (χ0) is 32.9. The van der Waals surface area contributed by atoms with Gasteiger partial charge in [0.1, 0.15) is 5.75 Å². The van der Waals surface area contributed by atoms with Crippen molar-refractivity contribution in [2.45, 2.75) is 37.5 Å². The maximum atomic E-state index is 6.42. The van der Waals surface area contributed by atoms with Gasteiger partial charge in [-0.05, 0) is 111 Å². The third-order valence-electron chi connectivity index (χ3n) is 9.83. The number of ether oxygens (including phenoxy) is 1. The number of benzene rings is 6. The normalized spacial score (nSPS) is 14.7. The van der Waals surface area contributed by atoms with Crippen LogP contribution in [-0.2, 0) is 5.41 Å². The molecule has 0 bridgehead atoms. The van der Waals surface area contributed by atoms with Crippen molar-refractivity contribution in [1.82, 2.24) is 0 Å². The van der Waals surface area contributed by atoms with Crippen LogP contribution in [0.2, 0.25) is 0 Å². The van der Waals surface area contributed by atoms with E-state index in [1.54, 1.807) is 0 Å². The Hall–Kier alpha value is -5.54. The molecule has 7 rings (SSSR count). The van der Waals surface area contributed by atoms with Gasteiger partial charge in [-0.25, -0.2) is 0 Å². The number of fused-ring (bicyclic) bond motifs is 3. The van der Waals surface area contributed by atoms with Gasteiger partial charge in [0, 0.05) is 16.8 Å². The molecule has 0 heterocycles. The second kappa shape index (κ2) is 13.7. The van der Waals surface area contributed by atoms with E-state index in [4.69, 9.17) is 16.2 Å². The summed E-state index contributed by atoms with van der Waals surface area (Å²) in [5.74, 6) is 0.915. The Balaban J connectivity index is 1.21. The Morgan fingerprint density at radius 2 is 1.21 bits per heavy atom. The first-order valence-corrected chi connectivity index (χ1v) is 17.0. The summed E-state index contributed by atoms with van der Waals surface area (Å²) in [5, 5.41) is 0. The Kier molecular flexibility index (Phi) is 8.85. The van der Waals surface area contributed by atoms with Crippen molar-refractivity contribution in [2.75, 3.05) is 18.1 Å². The zero-order valence-electron chi connectivity index (χ0n) is 27.4. The van der Waals surface area contributed by atoms with Crippen LogP contribution < -0.4 is 16.2 Å². The van der Waals surface area contributed by atoms with E-state index in [0.29, 0.717) is 0 Å². The number of unbranched alkanes of at least 4 members (excludes halogenated alkanes) is 3. The average molecular weight is 627 g/mol. The number of anilines is 2. The number of nitrogens with two attached hydrogens (primary N) is 2. The minimum Gasteiger partial charge on any atom is -0.494 e. The molecule has 3 nitrogen and oxygen atoms in total. The van der Waals surface area contributed by atoms with Crippen LogP contribution in [0.1, 0.15) is 54.4 Å². The predicted octanol–water partition coefficient (Wildman–Crippen LogP) is 11.2. The third kappa shape index (κ3) is 6.00. The van der Waals surface area contributed by atoms with Crippen LogP contribution in [0.4, 0.5) is 11.4 Å². The zero-order valence-corrected chi connectivity index (χ0v) is 27.4. The van der Waals surface area contributed by atoms with Crippen molar-refractivity contribution in [3.63, 3.8) is 0 Å². The van der Waals surface area contributed by atoms with E-state index in [1.165, 1.54) is 33.4 Å². The second-order valence-corrected chi connectivity index (χ2v) is 12.8. The van der Waals surface area contributed by atoms with Gasteiger partial charge in [0.05, 0.1) is 6.61 Å². The second-order valence-electron chi connectivity index (χ2n) is 12.8. The van der Waals surface area contributed by atoms with Gasteiger partial charge in [0.15, 0.2) is 0 Å². The van der Waals surface area contributed by atoms with E-state index in [1.807, 2.05) is 48.5 Å². The average Bonchev–Trinajstić information content (AvgIpc) is 3.42. The molecule has 0 saturated heterocycles. The van der Waals surface area contributed by atoms with Gasteiger partial charge < -0.3 is 16.2 Å². The van der Waals surface area contributed by atoms with Crippen molar-refractivity contribution in [3.05, 3.63) is 168 Å². The van der Waals surface area contributed by atoms with Gasteiger partial charge >= 0.3 is 0 Å². The summed E-state index contributed by atoms with van der Waals surface area (Å²) in [4.78, 5) is 0. The fraction of sp³-hybridized carbons (Fsp3) is 0.156. The highest BCUT2D eigenvalue weighted by atomic mass is 16.5. The largest absolute Gasteiger partial charge is 0.494 e. The molecule has 1 unspecified atom stereocenters. The van der Waals surface area contributed by atoms with Crippen LogP contribution >= 0.6 is 0 Å². The molecule has 0 saturated carbocycles. The summed E-state index contributed by atoms with van der Waals surface area (Å²) in [7, 11) is 0. The molecule has 0 amide bonds. The molecular weight excluding hydrogens is 585 g/mol. The number of hydrogen-bond donors (Lipinski definition) is 2. The summed E-state index contributed by atoms with van der Waals surface area (Å²) in [6, 6.07) is 49.5. The first-order valence-electron chi connectivity index (χ1n) is 17.0. The number of nitrogen functional groups attached to an aromatic ring is 2. The quantitative estimate of drug-likeness (QED) is 0.105. The molecule has 238 valence electrons. The molecule has 3 heteroatoms. The molecule has 6 aromatic rings. The molecule has 0 aromatic heterocycles. The van der Waals surface area contributed by atoms with Crippen molar-refractivity contribution < 1.29 is 4.74 Å². The molecule has 1 aliphatic carbocycles. The van der Waals surface area contributed by atoms with Gasteiger partial charge in [-0.15, -0.1) is 0 Å². The first kappa shape index (κ1) is 31.1. The molecule has 0 fully saturated rings. The fourth-order valence-electron chi connectivity index (χ4n) is 7.43. The molecule has 6 aromatic carbocycles. The maximum Gasteiger partial charge on any atom is 0.119 e. The highest BCUT2D eigenvalue weighted by Gasteiger charge is 2.44. The number of rotatable bonds is 12. The van der Waals surface area contributed by atoms with E-state index in [0.717, 1.165) is 78.1 Å². The first-order chi connectivity index (χ1) is 23.6. The van der Waals surface area contributed by atoms with E-state index in [9.17, 15) is 0 Å². The highest BCUT2D eigenvalue weighted by molar-refractivity contribution is 5.90. The molecule has 1 atom stereocenters. The molecule has 48 heavy (non-hydrogen) atoms. The van der Waals surface area contributed by atoms with E-state index < -0.39 is 0 Å². The standard InChI is InChI=1S/C45H42N2O/c1-2-32-16-24-38(25-17-32)48-29-11-4-3-10-28-45(35-12-6-5-7-13-35)43-15-9-8-14-40(43)41-26-20-34(30-44(41)45)42-31-37(47)23-27-39(42)33-18-21-36(46)22-19-33/h2,5-9,12-27,30-31H,1,3-4,10-11,28-29,46-47H2. The van der Waals surface area contributed by atoms with Gasteiger partial charge in [-0.2, -0.15) is 0 Å². The Morgan fingerprint density at radius 1 is 0.542 bits per heavy atom. The smallest absolute Gasteiger partial charge is 0.119 e. The lowest BCUT2D eigenvalue weighted by Crippen LogP contribution is -2.27. The molecule has 0 radical (unpaired) electrons.